The lowest BCUT2D eigenvalue weighted by molar-refractivity contribution is -0.178. The van der Waals surface area contributed by atoms with Gasteiger partial charge in [-0.15, -0.1) is 0 Å². The van der Waals surface area contributed by atoms with Gasteiger partial charge in [0.25, 0.3) is 0 Å². The highest BCUT2D eigenvalue weighted by molar-refractivity contribution is 5.75. The van der Waals surface area contributed by atoms with Gasteiger partial charge in [-0.1, -0.05) is 20.8 Å². The third-order valence-corrected chi connectivity index (χ3v) is 2.75. The summed E-state index contributed by atoms with van der Waals surface area (Å²) in [5.74, 6) is -0.195. The average molecular weight is 286 g/mol. The Labute approximate surface area is 125 Å². The maximum atomic E-state index is 12.0. The van der Waals surface area contributed by atoms with Gasteiger partial charge in [0, 0.05) is 0 Å². The maximum absolute atomic E-state index is 12.0. The van der Waals surface area contributed by atoms with Gasteiger partial charge in [-0.05, 0) is 60.3 Å². The molecule has 0 bridgehead atoms. The molecule has 0 spiro atoms. The van der Waals surface area contributed by atoms with Crippen LogP contribution in [0.3, 0.4) is 0 Å². The molecule has 3 nitrogen and oxygen atoms in total. The van der Waals surface area contributed by atoms with E-state index in [1.165, 1.54) is 0 Å². The lowest BCUT2D eigenvalue weighted by Gasteiger charge is -2.36. The quantitative estimate of drug-likeness (QED) is 0.694. The first-order valence-corrected chi connectivity index (χ1v) is 7.42. The Kier molecular flexibility index (Phi) is 5.87. The summed E-state index contributed by atoms with van der Waals surface area (Å²) in [4.78, 5) is 12.0. The molecule has 120 valence electrons. The second-order valence-electron chi connectivity index (χ2n) is 9.19. The molecule has 0 rings (SSSR count). The van der Waals surface area contributed by atoms with Gasteiger partial charge in [0.1, 0.15) is 5.60 Å². The van der Waals surface area contributed by atoms with Gasteiger partial charge in [0.05, 0.1) is 17.6 Å². The zero-order valence-corrected chi connectivity index (χ0v) is 15.1. The smallest absolute Gasteiger partial charge is 0.311 e. The molecule has 0 aromatic rings. The van der Waals surface area contributed by atoms with Crippen molar-refractivity contribution in [3.8, 4) is 0 Å². The third kappa shape index (κ3) is 8.57. The van der Waals surface area contributed by atoms with Crippen molar-refractivity contribution in [1.82, 2.24) is 0 Å². The van der Waals surface area contributed by atoms with Crippen molar-refractivity contribution in [3.63, 3.8) is 0 Å². The van der Waals surface area contributed by atoms with Crippen LogP contribution in [0.5, 0.6) is 0 Å². The van der Waals surface area contributed by atoms with Crippen LogP contribution >= 0.6 is 0 Å². The van der Waals surface area contributed by atoms with E-state index in [9.17, 15) is 4.79 Å². The summed E-state index contributed by atoms with van der Waals surface area (Å²) in [6.45, 7) is 20.5. The standard InChI is InChI=1S/C17H34O3/c1-14(2,3)11-16(7,8)19-12-17(9,10)20-13(18)15(4,5)6/h11-12H2,1-10H3. The summed E-state index contributed by atoms with van der Waals surface area (Å²) in [6.07, 6.45) is 0.948. The van der Waals surface area contributed by atoms with Crippen LogP contribution in [-0.2, 0) is 14.3 Å². The highest BCUT2D eigenvalue weighted by Crippen LogP contribution is 2.30. The van der Waals surface area contributed by atoms with E-state index in [1.54, 1.807) is 0 Å². The second-order valence-corrected chi connectivity index (χ2v) is 9.19. The van der Waals surface area contributed by atoms with Crippen molar-refractivity contribution in [1.29, 1.82) is 0 Å². The van der Waals surface area contributed by atoms with Gasteiger partial charge in [-0.3, -0.25) is 4.79 Å². The van der Waals surface area contributed by atoms with Crippen LogP contribution < -0.4 is 0 Å². The molecule has 0 radical (unpaired) electrons. The van der Waals surface area contributed by atoms with Crippen LogP contribution in [0.2, 0.25) is 0 Å². The van der Waals surface area contributed by atoms with E-state index < -0.39 is 11.0 Å². The lowest BCUT2D eigenvalue weighted by atomic mass is 9.83. The molecule has 3 heteroatoms. The Bertz CT molecular complexity index is 327. The predicted molar refractivity (Wildman–Crippen MR) is 83.7 cm³/mol. The number of ether oxygens (including phenoxy) is 2. The van der Waals surface area contributed by atoms with Crippen LogP contribution in [0.4, 0.5) is 0 Å². The summed E-state index contributed by atoms with van der Waals surface area (Å²) >= 11 is 0. The molecule has 0 atom stereocenters. The molecule has 0 aromatic carbocycles. The average Bonchev–Trinajstić information content (AvgIpc) is 2.09. The number of esters is 1. The maximum Gasteiger partial charge on any atom is 0.311 e. The van der Waals surface area contributed by atoms with E-state index in [1.807, 2.05) is 34.6 Å². The molecule has 0 saturated carbocycles. The van der Waals surface area contributed by atoms with E-state index in [-0.39, 0.29) is 17.0 Å². The molecule has 0 aromatic heterocycles. The summed E-state index contributed by atoms with van der Waals surface area (Å²) in [7, 11) is 0. The van der Waals surface area contributed by atoms with Gasteiger partial charge in [0.2, 0.25) is 0 Å². The lowest BCUT2D eigenvalue weighted by Crippen LogP contribution is -2.41. The van der Waals surface area contributed by atoms with Crippen molar-refractivity contribution < 1.29 is 14.3 Å². The minimum absolute atomic E-state index is 0.195. The molecule has 0 saturated heterocycles. The number of carbonyl (C=O) groups excluding carboxylic acids is 1. The molecular weight excluding hydrogens is 252 g/mol. The number of hydrogen-bond donors (Lipinski definition) is 0. The Morgan fingerprint density at radius 3 is 1.60 bits per heavy atom. The van der Waals surface area contributed by atoms with Crippen molar-refractivity contribution >= 4 is 5.97 Å². The fraction of sp³-hybridized carbons (Fsp3) is 0.941. The Balaban J connectivity index is 4.52. The SMILES string of the molecule is CC(C)(C)CC(C)(C)OCC(C)(C)OC(=O)C(C)(C)C. The molecule has 0 amide bonds. The highest BCUT2D eigenvalue weighted by atomic mass is 16.6. The topological polar surface area (TPSA) is 35.5 Å². The minimum Gasteiger partial charge on any atom is -0.457 e. The van der Waals surface area contributed by atoms with Crippen LogP contribution in [0.1, 0.15) is 75.7 Å². The van der Waals surface area contributed by atoms with E-state index in [4.69, 9.17) is 9.47 Å². The summed E-state index contributed by atoms with van der Waals surface area (Å²) in [5.41, 5.74) is -1.13. The molecule has 20 heavy (non-hydrogen) atoms. The fourth-order valence-electron chi connectivity index (χ4n) is 2.13. The molecule has 0 aliphatic carbocycles. The Hall–Kier alpha value is -0.570. The zero-order chi connectivity index (χ0) is 16.4. The third-order valence-electron chi connectivity index (χ3n) is 2.75. The first-order chi connectivity index (χ1) is 8.54. The normalized spacial score (nSPS) is 14.3. The van der Waals surface area contributed by atoms with Gasteiger partial charge in [-0.25, -0.2) is 0 Å². The zero-order valence-electron chi connectivity index (χ0n) is 15.1. The Morgan fingerprint density at radius 2 is 1.25 bits per heavy atom. The van der Waals surface area contributed by atoms with Crippen LogP contribution in [0.25, 0.3) is 0 Å². The highest BCUT2D eigenvalue weighted by Gasteiger charge is 2.33. The first kappa shape index (κ1) is 19.4. The van der Waals surface area contributed by atoms with Crippen molar-refractivity contribution in [2.24, 2.45) is 10.8 Å². The largest absolute Gasteiger partial charge is 0.457 e. The molecule has 0 fully saturated rings. The van der Waals surface area contributed by atoms with Crippen LogP contribution in [0, 0.1) is 10.8 Å². The van der Waals surface area contributed by atoms with E-state index >= 15 is 0 Å². The molecule has 0 aliphatic heterocycles. The fourth-order valence-corrected chi connectivity index (χ4v) is 2.13. The van der Waals surface area contributed by atoms with Crippen molar-refractivity contribution in [2.45, 2.75) is 86.9 Å². The van der Waals surface area contributed by atoms with Gasteiger partial charge in [0.15, 0.2) is 0 Å². The second kappa shape index (κ2) is 6.05. The van der Waals surface area contributed by atoms with Crippen LogP contribution in [-0.4, -0.2) is 23.8 Å². The summed E-state index contributed by atoms with van der Waals surface area (Å²) < 4.78 is 11.6. The van der Waals surface area contributed by atoms with E-state index in [2.05, 4.69) is 34.6 Å². The van der Waals surface area contributed by atoms with Gasteiger partial charge in [-0.2, -0.15) is 0 Å². The molecule has 0 unspecified atom stereocenters. The molecule has 0 heterocycles. The van der Waals surface area contributed by atoms with Gasteiger partial charge < -0.3 is 9.47 Å². The number of carbonyl (C=O) groups is 1. The Morgan fingerprint density at radius 1 is 0.800 bits per heavy atom. The van der Waals surface area contributed by atoms with Crippen molar-refractivity contribution in [3.05, 3.63) is 0 Å². The summed E-state index contributed by atoms with van der Waals surface area (Å²) in [6, 6.07) is 0. The van der Waals surface area contributed by atoms with Crippen LogP contribution in [0.15, 0.2) is 0 Å². The minimum atomic E-state index is -0.612. The molecular formula is C17H34O3. The predicted octanol–water partition coefficient (Wildman–Crippen LogP) is 4.59. The summed E-state index contributed by atoms with van der Waals surface area (Å²) in [5, 5.41) is 0. The number of hydrogen-bond acceptors (Lipinski definition) is 3. The van der Waals surface area contributed by atoms with Crippen molar-refractivity contribution in [2.75, 3.05) is 6.61 Å². The monoisotopic (exact) mass is 286 g/mol. The van der Waals surface area contributed by atoms with E-state index in [0.717, 1.165) is 6.42 Å². The molecule has 0 N–H and O–H groups in total. The molecule has 0 aliphatic rings. The van der Waals surface area contributed by atoms with Gasteiger partial charge >= 0.3 is 5.97 Å². The number of rotatable bonds is 5. The van der Waals surface area contributed by atoms with E-state index in [0.29, 0.717) is 6.61 Å². The first-order valence-electron chi connectivity index (χ1n) is 7.42.